The zero-order chi connectivity index (χ0) is 16.2. The third-order valence-electron chi connectivity index (χ3n) is 2.71. The molecule has 0 spiro atoms. The molecule has 0 heterocycles. The molecule has 21 heavy (non-hydrogen) atoms. The lowest BCUT2D eigenvalue weighted by Gasteiger charge is -2.18. The van der Waals surface area contributed by atoms with Gasteiger partial charge >= 0.3 is 0 Å². The normalized spacial score (nSPS) is 11.7. The van der Waals surface area contributed by atoms with E-state index < -0.39 is 10.0 Å². The van der Waals surface area contributed by atoms with Crippen molar-refractivity contribution in [2.24, 2.45) is 5.14 Å². The summed E-state index contributed by atoms with van der Waals surface area (Å²) in [6, 6.07) is 3.98. The van der Waals surface area contributed by atoms with E-state index in [2.05, 4.69) is 0 Å². The quantitative estimate of drug-likeness (QED) is 0.853. The zero-order valence-corrected chi connectivity index (χ0v) is 13.7. The molecule has 0 aliphatic rings. The summed E-state index contributed by atoms with van der Waals surface area (Å²) in [6.45, 7) is 4.60. The molecule has 1 aromatic carbocycles. The highest BCUT2D eigenvalue weighted by atomic mass is 35.5. The molecule has 1 aromatic rings. The molecule has 8 heteroatoms. The van der Waals surface area contributed by atoms with Gasteiger partial charge in [-0.1, -0.05) is 11.6 Å². The Bertz CT molecular complexity index is 617. The van der Waals surface area contributed by atoms with Crippen molar-refractivity contribution < 1.29 is 17.9 Å². The molecule has 0 aromatic heterocycles. The van der Waals surface area contributed by atoms with Crippen LogP contribution in [0.4, 0.5) is 0 Å². The van der Waals surface area contributed by atoms with E-state index in [0.717, 1.165) is 0 Å². The molecule has 1 rings (SSSR count). The minimum atomic E-state index is -3.97. The van der Waals surface area contributed by atoms with Gasteiger partial charge in [-0.25, -0.2) is 13.6 Å². The van der Waals surface area contributed by atoms with Gasteiger partial charge in [-0.2, -0.15) is 0 Å². The van der Waals surface area contributed by atoms with Gasteiger partial charge in [-0.3, -0.25) is 4.79 Å². The van der Waals surface area contributed by atoms with Gasteiger partial charge in [0.05, 0.1) is 17.7 Å². The third-order valence-corrected chi connectivity index (χ3v) is 4.10. The summed E-state index contributed by atoms with van der Waals surface area (Å²) < 4.78 is 28.2. The van der Waals surface area contributed by atoms with E-state index in [1.807, 2.05) is 13.8 Å². The van der Waals surface area contributed by atoms with Crippen LogP contribution in [0.15, 0.2) is 23.1 Å². The van der Waals surface area contributed by atoms with Crippen LogP contribution in [0.5, 0.6) is 0 Å². The Balaban J connectivity index is 2.88. The second-order valence-corrected chi connectivity index (χ2v) is 6.77. The average Bonchev–Trinajstić information content (AvgIpc) is 2.36. The monoisotopic (exact) mass is 334 g/mol. The molecule has 6 nitrogen and oxygen atoms in total. The summed E-state index contributed by atoms with van der Waals surface area (Å²) in [5.74, 6) is -0.330. The molecule has 0 saturated carbocycles. The molecule has 0 aliphatic heterocycles. The summed E-state index contributed by atoms with van der Waals surface area (Å²) in [5, 5.41) is 5.05. The number of carbonyl (C=O) groups is 1. The molecule has 0 unspecified atom stereocenters. The predicted octanol–water partition coefficient (Wildman–Crippen LogP) is 1.48. The molecule has 0 radical (unpaired) electrons. The van der Waals surface area contributed by atoms with E-state index in [1.165, 1.54) is 23.1 Å². The lowest BCUT2D eigenvalue weighted by atomic mass is 10.2. The zero-order valence-electron chi connectivity index (χ0n) is 12.2. The largest absolute Gasteiger partial charge is 0.377 e. The number of sulfonamides is 1. The van der Waals surface area contributed by atoms with Crippen molar-refractivity contribution in [1.82, 2.24) is 4.90 Å². The number of nitrogens with two attached hydrogens (primary N) is 1. The SMILES string of the molecule is CC(C)OCCN(C)C(=O)c1ccc(Cl)c(S(N)(=O)=O)c1. The minimum Gasteiger partial charge on any atom is -0.377 e. The first-order valence-corrected chi connectivity index (χ1v) is 8.24. The lowest BCUT2D eigenvalue weighted by molar-refractivity contribution is 0.0532. The Morgan fingerprint density at radius 3 is 2.57 bits per heavy atom. The van der Waals surface area contributed by atoms with Crippen molar-refractivity contribution in [3.8, 4) is 0 Å². The molecular weight excluding hydrogens is 316 g/mol. The maximum absolute atomic E-state index is 12.2. The first-order valence-electron chi connectivity index (χ1n) is 6.32. The molecule has 1 amide bonds. The number of hydrogen-bond acceptors (Lipinski definition) is 4. The fraction of sp³-hybridized carbons (Fsp3) is 0.462. The number of nitrogens with zero attached hydrogens (tertiary/aromatic N) is 1. The predicted molar refractivity (Wildman–Crippen MR) is 80.9 cm³/mol. The topological polar surface area (TPSA) is 89.7 Å². The van der Waals surface area contributed by atoms with Crippen LogP contribution in [-0.4, -0.2) is 45.5 Å². The van der Waals surface area contributed by atoms with E-state index in [-0.39, 0.29) is 27.5 Å². The highest BCUT2D eigenvalue weighted by Crippen LogP contribution is 2.22. The van der Waals surface area contributed by atoms with Crippen LogP contribution in [0, 0.1) is 0 Å². The molecule has 0 atom stereocenters. The number of hydrogen-bond donors (Lipinski definition) is 1. The Kier molecular flexibility index (Phi) is 6.15. The first kappa shape index (κ1) is 17.9. The van der Waals surface area contributed by atoms with Crippen LogP contribution in [0.3, 0.4) is 0 Å². The summed E-state index contributed by atoms with van der Waals surface area (Å²) in [5.41, 5.74) is 0.204. The number of ether oxygens (including phenoxy) is 1. The van der Waals surface area contributed by atoms with Crippen LogP contribution in [0.1, 0.15) is 24.2 Å². The van der Waals surface area contributed by atoms with Gasteiger partial charge in [0.2, 0.25) is 10.0 Å². The fourth-order valence-electron chi connectivity index (χ4n) is 1.60. The molecular formula is C13H19ClN2O4S. The molecule has 0 aliphatic carbocycles. The molecule has 0 fully saturated rings. The summed E-state index contributed by atoms with van der Waals surface area (Å²) in [4.78, 5) is 13.4. The van der Waals surface area contributed by atoms with E-state index in [9.17, 15) is 13.2 Å². The number of likely N-dealkylation sites (N-methyl/N-ethyl adjacent to an activating group) is 1. The van der Waals surface area contributed by atoms with Gasteiger partial charge in [-0.05, 0) is 32.0 Å². The maximum Gasteiger partial charge on any atom is 0.253 e. The van der Waals surface area contributed by atoms with E-state index >= 15 is 0 Å². The van der Waals surface area contributed by atoms with Crippen molar-refractivity contribution in [3.63, 3.8) is 0 Å². The molecule has 0 saturated heterocycles. The van der Waals surface area contributed by atoms with Crippen LogP contribution < -0.4 is 5.14 Å². The van der Waals surface area contributed by atoms with E-state index in [1.54, 1.807) is 7.05 Å². The van der Waals surface area contributed by atoms with Gasteiger partial charge in [0.25, 0.3) is 5.91 Å². The smallest absolute Gasteiger partial charge is 0.253 e. The van der Waals surface area contributed by atoms with Crippen LogP contribution in [0.25, 0.3) is 0 Å². The van der Waals surface area contributed by atoms with Gasteiger partial charge in [0.1, 0.15) is 4.90 Å². The van der Waals surface area contributed by atoms with Crippen molar-refractivity contribution in [1.29, 1.82) is 0 Å². The van der Waals surface area contributed by atoms with Crippen LogP contribution in [0.2, 0.25) is 5.02 Å². The fourth-order valence-corrected chi connectivity index (χ4v) is 2.67. The number of carbonyl (C=O) groups excluding carboxylic acids is 1. The summed E-state index contributed by atoms with van der Waals surface area (Å²) in [7, 11) is -2.36. The Labute approximate surface area is 129 Å². The maximum atomic E-state index is 12.2. The van der Waals surface area contributed by atoms with Gasteiger partial charge in [-0.15, -0.1) is 0 Å². The molecule has 0 bridgehead atoms. The first-order chi connectivity index (χ1) is 9.62. The summed E-state index contributed by atoms with van der Waals surface area (Å²) in [6.07, 6.45) is 0.0815. The second-order valence-electron chi connectivity index (χ2n) is 4.84. The van der Waals surface area contributed by atoms with Crippen molar-refractivity contribution in [2.75, 3.05) is 20.2 Å². The standard InChI is InChI=1S/C13H19ClN2O4S/c1-9(2)20-7-6-16(3)13(17)10-4-5-11(14)12(8-10)21(15,18)19/h4-5,8-9H,6-7H2,1-3H3,(H2,15,18,19). The highest BCUT2D eigenvalue weighted by molar-refractivity contribution is 7.89. The number of benzene rings is 1. The van der Waals surface area contributed by atoms with Crippen molar-refractivity contribution in [3.05, 3.63) is 28.8 Å². The van der Waals surface area contributed by atoms with Crippen LogP contribution >= 0.6 is 11.6 Å². The van der Waals surface area contributed by atoms with Crippen molar-refractivity contribution >= 4 is 27.5 Å². The van der Waals surface area contributed by atoms with E-state index in [0.29, 0.717) is 13.2 Å². The minimum absolute atomic E-state index is 0.0140. The average molecular weight is 335 g/mol. The van der Waals surface area contributed by atoms with Gasteiger partial charge < -0.3 is 9.64 Å². The molecule has 118 valence electrons. The van der Waals surface area contributed by atoms with Gasteiger partial charge in [0, 0.05) is 19.2 Å². The Hall–Kier alpha value is -1.15. The van der Waals surface area contributed by atoms with Crippen molar-refractivity contribution in [2.45, 2.75) is 24.8 Å². The highest BCUT2D eigenvalue weighted by Gasteiger charge is 2.18. The Morgan fingerprint density at radius 2 is 2.05 bits per heavy atom. The Morgan fingerprint density at radius 1 is 1.43 bits per heavy atom. The number of amides is 1. The third kappa shape index (κ3) is 5.28. The number of rotatable bonds is 6. The van der Waals surface area contributed by atoms with Crippen LogP contribution in [-0.2, 0) is 14.8 Å². The number of halogens is 1. The van der Waals surface area contributed by atoms with E-state index in [4.69, 9.17) is 21.5 Å². The number of primary sulfonamides is 1. The summed E-state index contributed by atoms with van der Waals surface area (Å²) >= 11 is 5.78. The molecule has 2 N–H and O–H groups in total. The van der Waals surface area contributed by atoms with Gasteiger partial charge in [0.15, 0.2) is 0 Å². The lowest BCUT2D eigenvalue weighted by Crippen LogP contribution is -2.31. The second kappa shape index (κ2) is 7.22.